The fourth-order valence-corrected chi connectivity index (χ4v) is 10.4. The highest BCUT2D eigenvalue weighted by molar-refractivity contribution is 14.3. The molecular formula is C8I12. The third-order valence-corrected chi connectivity index (χ3v) is 27.9. The second-order valence-corrected chi connectivity index (χ2v) is 28.9. The summed E-state index contributed by atoms with van der Waals surface area (Å²) >= 11 is 29.7. The Bertz CT molecular complexity index is 472. The third-order valence-electron chi connectivity index (χ3n) is 1.57. The minimum Gasteiger partial charge on any atom is -0.0581 e. The lowest BCUT2D eigenvalue weighted by Crippen LogP contribution is -2.28. The molecule has 0 unspecified atom stereocenters. The summed E-state index contributed by atoms with van der Waals surface area (Å²) < 4.78 is 8.19. The Morgan fingerprint density at radius 3 is 1.15 bits per heavy atom. The Morgan fingerprint density at radius 1 is 0.500 bits per heavy atom. The van der Waals surface area contributed by atoms with Gasteiger partial charge in [-0.3, -0.25) is 0 Å². The Hall–Kier alpha value is 7.98. The van der Waals surface area contributed by atoms with E-state index >= 15 is 0 Å². The first-order valence-corrected chi connectivity index (χ1v) is 17.0. The summed E-state index contributed by atoms with van der Waals surface area (Å²) in [5.74, 6) is 0. The van der Waals surface area contributed by atoms with E-state index in [0.717, 1.165) is 0 Å². The van der Waals surface area contributed by atoms with Gasteiger partial charge in [0.15, 0.2) is -0.565 Å². The van der Waals surface area contributed by atoms with Crippen molar-refractivity contribution in [2.45, 2.75) is 0.864 Å². The van der Waals surface area contributed by atoms with E-state index in [1.165, 1.54) is 19.5 Å². The van der Waals surface area contributed by atoms with E-state index in [1.807, 2.05) is 0 Å². The van der Waals surface area contributed by atoms with Crippen LogP contribution in [0, 0.1) is 0 Å². The Labute approximate surface area is 282 Å². The molecule has 0 saturated carbocycles. The summed E-state index contributed by atoms with van der Waals surface area (Å²) in [6.07, 6.45) is 0. The van der Waals surface area contributed by atoms with Crippen LogP contribution in [0.15, 0.2) is 19.5 Å². The highest BCUT2D eigenvalue weighted by Gasteiger charge is 2.46. The van der Waals surface area contributed by atoms with Crippen LogP contribution in [0.3, 0.4) is 0 Å². The van der Waals surface area contributed by atoms with Crippen molar-refractivity contribution >= 4 is 271 Å². The normalized spacial score (nSPS) is 15.6. The summed E-state index contributed by atoms with van der Waals surface area (Å²) in [4.78, 5) is 0. The molecule has 0 aliphatic rings. The van der Waals surface area contributed by atoms with Gasteiger partial charge in [0, 0.05) is 17.9 Å². The van der Waals surface area contributed by atoms with Crippen LogP contribution in [-0.2, 0) is 0 Å². The van der Waals surface area contributed by atoms with Gasteiger partial charge in [-0.25, -0.2) is 0 Å². The molecule has 0 atom stereocenters. The highest BCUT2D eigenvalue weighted by Crippen LogP contribution is 2.61. The number of rotatable bonds is 4. The molecule has 0 aromatic rings. The van der Waals surface area contributed by atoms with E-state index in [9.17, 15) is 0 Å². The van der Waals surface area contributed by atoms with Gasteiger partial charge in [0.2, 0.25) is 0 Å². The Kier molecular flexibility index (Phi) is 17.7. The maximum atomic E-state index is 2.56. The van der Waals surface area contributed by atoms with E-state index < -0.39 is 0 Å². The predicted molar refractivity (Wildman–Crippen MR) is 195 cm³/mol. The van der Waals surface area contributed by atoms with Crippen molar-refractivity contribution in [1.82, 2.24) is 0 Å². The fourth-order valence-electron chi connectivity index (χ4n) is 0.634. The number of halogens is 12. The molecule has 12 heteroatoms. The van der Waals surface area contributed by atoms with Crippen molar-refractivity contribution in [3.63, 3.8) is 0 Å². The van der Waals surface area contributed by atoms with Crippen LogP contribution in [0.25, 0.3) is 0 Å². The van der Waals surface area contributed by atoms with Gasteiger partial charge >= 0.3 is 0 Å². The quantitative estimate of drug-likeness (QED) is 0.150. The molecule has 116 valence electrons. The van der Waals surface area contributed by atoms with Crippen molar-refractivity contribution in [3.05, 3.63) is 19.5 Å². The topological polar surface area (TPSA) is 0 Å². The first-order chi connectivity index (χ1) is 8.75. The molecule has 0 N–H and O–H groups in total. The first-order valence-electron chi connectivity index (χ1n) is 4.02. The van der Waals surface area contributed by atoms with E-state index in [0.29, 0.717) is 0 Å². The predicted octanol–water partition coefficient (Wildman–Crippen LogP) is 11.1. The Balaban J connectivity index is 6.00. The molecule has 0 aromatic heterocycles. The van der Waals surface area contributed by atoms with Crippen molar-refractivity contribution in [3.8, 4) is 0 Å². The monoisotopic (exact) mass is 1620 g/mol. The molecule has 0 amide bonds. The zero-order chi connectivity index (χ0) is 16.5. The summed E-state index contributed by atoms with van der Waals surface area (Å²) in [5.41, 5.74) is 0. The second-order valence-electron chi connectivity index (χ2n) is 2.90. The molecule has 0 nitrogen and oxygen atoms in total. The molecular weight excluding hydrogens is 1620 g/mol. The summed E-state index contributed by atoms with van der Waals surface area (Å²) in [6, 6.07) is 0. The number of allylic oxidation sites excluding steroid dienone is 5. The smallest absolute Gasteiger partial charge is 0.0581 e. The average Bonchev–Trinajstić information content (AvgIpc) is 2.32. The van der Waals surface area contributed by atoms with Crippen molar-refractivity contribution in [2.75, 3.05) is 0 Å². The van der Waals surface area contributed by atoms with Crippen LogP contribution in [-0.4, -0.2) is 0.864 Å². The third kappa shape index (κ3) is 8.78. The standard InChI is InChI=1S/C8I12/c9-1(2(10)4(12)6(14)15)3(11)5(13)7(16,17)8(18,19)20. The molecule has 0 rings (SSSR count). The van der Waals surface area contributed by atoms with Gasteiger partial charge in [0.05, 0.1) is 1.59 Å². The second kappa shape index (κ2) is 12.6. The van der Waals surface area contributed by atoms with Crippen LogP contribution in [0.5, 0.6) is 0 Å². The SMILES string of the molecule is IC(I)=C(I)C(I)=C(I)C(I)=C(I)C(I)(I)C(I)(I)I. The van der Waals surface area contributed by atoms with Crippen LogP contribution in [0.2, 0.25) is 0 Å². The van der Waals surface area contributed by atoms with Crippen molar-refractivity contribution in [1.29, 1.82) is 0 Å². The largest absolute Gasteiger partial charge is 0.152 e. The molecule has 0 heterocycles. The van der Waals surface area contributed by atoms with Gasteiger partial charge < -0.3 is 0 Å². The zero-order valence-corrected chi connectivity index (χ0v) is 34.4. The summed E-state index contributed by atoms with van der Waals surface area (Å²) in [5, 5.41) is 0. The Morgan fingerprint density at radius 2 is 0.850 bits per heavy atom. The van der Waals surface area contributed by atoms with E-state index in [-0.39, 0.29) is 0.864 Å². The van der Waals surface area contributed by atoms with Gasteiger partial charge in [-0.1, -0.05) is 113 Å². The minimum atomic E-state index is 0.0568. The molecule has 20 heavy (non-hydrogen) atoms. The molecule has 0 aliphatic carbocycles. The minimum absolute atomic E-state index is 0.0568. The van der Waals surface area contributed by atoms with E-state index in [2.05, 4.69) is 271 Å². The van der Waals surface area contributed by atoms with Crippen LogP contribution in [0.1, 0.15) is 0 Å². The van der Waals surface area contributed by atoms with E-state index in [4.69, 9.17) is 0 Å². The lowest BCUT2D eigenvalue weighted by atomic mass is 10.4. The van der Waals surface area contributed by atoms with Crippen molar-refractivity contribution in [2.24, 2.45) is 0 Å². The van der Waals surface area contributed by atoms with Gasteiger partial charge in [-0.05, 0) is 158 Å². The lowest BCUT2D eigenvalue weighted by molar-refractivity contribution is 1.25. The summed E-state index contributed by atoms with van der Waals surface area (Å²) in [7, 11) is 0. The van der Waals surface area contributed by atoms with Crippen LogP contribution in [0.4, 0.5) is 0 Å². The van der Waals surface area contributed by atoms with Crippen LogP contribution >= 0.6 is 271 Å². The van der Waals surface area contributed by atoms with Gasteiger partial charge in [-0.15, -0.1) is 0 Å². The number of alkyl halides is 5. The van der Waals surface area contributed by atoms with Crippen molar-refractivity contribution < 1.29 is 0 Å². The maximum Gasteiger partial charge on any atom is 0.152 e. The first kappa shape index (κ1) is 28.0. The molecule has 0 radical (unpaired) electrons. The van der Waals surface area contributed by atoms with Gasteiger partial charge in [0.25, 0.3) is 0 Å². The maximum absolute atomic E-state index is 2.56. The molecule has 0 bridgehead atoms. The highest BCUT2D eigenvalue weighted by atomic mass is 127. The molecule has 0 saturated heterocycles. The van der Waals surface area contributed by atoms with Crippen LogP contribution < -0.4 is 0 Å². The van der Waals surface area contributed by atoms with Gasteiger partial charge in [-0.2, -0.15) is 0 Å². The number of hydrogen-bond acceptors (Lipinski definition) is 0. The molecule has 0 aliphatic heterocycles. The summed E-state index contributed by atoms with van der Waals surface area (Å²) in [6.45, 7) is 0. The molecule has 0 aromatic carbocycles. The fraction of sp³-hybridized carbons (Fsp3) is 0.250. The lowest BCUT2D eigenvalue weighted by Gasteiger charge is -2.31. The van der Waals surface area contributed by atoms with Gasteiger partial charge in [0.1, 0.15) is 1.43 Å². The molecule has 0 spiro atoms. The zero-order valence-electron chi connectivity index (χ0n) is 8.54. The average molecular weight is 1620 g/mol. The molecule has 0 fully saturated rings. The van der Waals surface area contributed by atoms with E-state index in [1.54, 1.807) is 0 Å². The number of hydrogen-bond donors (Lipinski definition) is 0.